The number of rotatable bonds is 9. The summed E-state index contributed by atoms with van der Waals surface area (Å²) in [5.74, 6) is 0.844. The number of fused-ring (bicyclic) bond motifs is 1. The molecule has 1 aliphatic rings. The van der Waals surface area contributed by atoms with Gasteiger partial charge in [-0.1, -0.05) is 26.0 Å². The summed E-state index contributed by atoms with van der Waals surface area (Å²) in [6, 6.07) is 6.25. The lowest BCUT2D eigenvalue weighted by Crippen LogP contribution is -2.43. The molecule has 1 aromatic carbocycles. The topological polar surface area (TPSA) is 169 Å². The van der Waals surface area contributed by atoms with E-state index in [2.05, 4.69) is 20.3 Å². The SMILES string of the molecule is CC(C)CNC(=O)[C@@H](N)Cc1ccc(O[P@@]2(=O)CO[C@@H](Cn3cnc4c(N)ncnc43)CO2)cc1.Cl. The van der Waals surface area contributed by atoms with E-state index in [-0.39, 0.29) is 37.4 Å². The van der Waals surface area contributed by atoms with Crippen LogP contribution in [0.5, 0.6) is 5.75 Å². The number of hydrogen-bond acceptors (Lipinski definition) is 10. The minimum Gasteiger partial charge on any atom is -0.423 e. The van der Waals surface area contributed by atoms with Crippen molar-refractivity contribution in [1.82, 2.24) is 24.8 Å². The van der Waals surface area contributed by atoms with E-state index < -0.39 is 13.6 Å². The number of anilines is 1. The number of carbonyl (C=O) groups is 1. The van der Waals surface area contributed by atoms with Gasteiger partial charge in [0.15, 0.2) is 17.8 Å². The van der Waals surface area contributed by atoms with Crippen LogP contribution in [0.3, 0.4) is 0 Å². The molecule has 0 aliphatic carbocycles. The van der Waals surface area contributed by atoms with Gasteiger partial charge in [-0.3, -0.25) is 9.32 Å². The summed E-state index contributed by atoms with van der Waals surface area (Å²) in [6.45, 7) is 5.09. The average Bonchev–Trinajstić information content (AvgIpc) is 3.24. The van der Waals surface area contributed by atoms with Crippen LogP contribution >= 0.6 is 20.0 Å². The Kier molecular flexibility index (Phi) is 9.26. The van der Waals surface area contributed by atoms with E-state index in [4.69, 9.17) is 25.3 Å². The van der Waals surface area contributed by atoms with E-state index in [0.717, 1.165) is 5.56 Å². The van der Waals surface area contributed by atoms with Crippen molar-refractivity contribution in [2.45, 2.75) is 39.0 Å². The predicted molar refractivity (Wildman–Crippen MR) is 137 cm³/mol. The van der Waals surface area contributed by atoms with Gasteiger partial charge in [0, 0.05) is 6.54 Å². The van der Waals surface area contributed by atoms with Gasteiger partial charge in [0.2, 0.25) is 5.91 Å². The number of aromatic nitrogens is 4. The number of nitrogens with zero attached hydrogens (tertiary/aromatic N) is 4. The minimum absolute atomic E-state index is 0. The second-order valence-electron chi connectivity index (χ2n) is 8.84. The second kappa shape index (κ2) is 12.0. The third-order valence-electron chi connectivity index (χ3n) is 5.40. The fraction of sp³-hybridized carbons (Fsp3) is 0.455. The average molecular weight is 540 g/mol. The Hall–Kier alpha value is -2.76. The molecule has 5 N–H and O–H groups in total. The number of nitrogen functional groups attached to an aromatic ring is 1. The highest BCUT2D eigenvalue weighted by atomic mass is 35.5. The van der Waals surface area contributed by atoms with Crippen molar-refractivity contribution in [2.24, 2.45) is 11.7 Å². The number of benzene rings is 1. The maximum atomic E-state index is 13.0. The van der Waals surface area contributed by atoms with Crippen molar-refractivity contribution in [3.8, 4) is 5.75 Å². The van der Waals surface area contributed by atoms with E-state index in [1.165, 1.54) is 6.33 Å². The van der Waals surface area contributed by atoms with Gasteiger partial charge in [-0.05, 0) is 30.0 Å². The van der Waals surface area contributed by atoms with Gasteiger partial charge in [-0.25, -0.2) is 19.5 Å². The minimum atomic E-state index is -3.48. The monoisotopic (exact) mass is 539 g/mol. The molecular formula is C22H31ClN7O5P. The van der Waals surface area contributed by atoms with Crippen molar-refractivity contribution in [3.05, 3.63) is 42.5 Å². The number of nitrogens with one attached hydrogen (secondary N) is 1. The Labute approximate surface area is 215 Å². The van der Waals surface area contributed by atoms with E-state index >= 15 is 0 Å². The molecule has 12 nitrogen and oxygen atoms in total. The first kappa shape index (κ1) is 27.8. The van der Waals surface area contributed by atoms with Gasteiger partial charge < -0.3 is 30.6 Å². The smallest absolute Gasteiger partial charge is 0.404 e. The molecule has 1 aliphatic heterocycles. The van der Waals surface area contributed by atoms with Crippen LogP contribution in [0.2, 0.25) is 0 Å². The third kappa shape index (κ3) is 6.92. The fourth-order valence-corrected chi connectivity index (χ4v) is 4.93. The molecule has 0 unspecified atom stereocenters. The quantitative estimate of drug-likeness (QED) is 0.342. The van der Waals surface area contributed by atoms with E-state index in [9.17, 15) is 9.36 Å². The number of amides is 1. The lowest BCUT2D eigenvalue weighted by atomic mass is 10.1. The maximum Gasteiger partial charge on any atom is 0.404 e. The number of carbonyl (C=O) groups excluding carboxylic acids is 1. The lowest BCUT2D eigenvalue weighted by Gasteiger charge is -2.29. The van der Waals surface area contributed by atoms with Crippen molar-refractivity contribution in [2.75, 3.05) is 25.2 Å². The largest absolute Gasteiger partial charge is 0.423 e. The van der Waals surface area contributed by atoms with Crippen molar-refractivity contribution >= 4 is 42.9 Å². The Morgan fingerprint density at radius 1 is 1.28 bits per heavy atom. The number of halogens is 1. The number of nitrogens with two attached hydrogens (primary N) is 2. The van der Waals surface area contributed by atoms with Crippen LogP contribution in [0.25, 0.3) is 11.2 Å². The Bertz CT molecular complexity index is 1210. The van der Waals surface area contributed by atoms with Crippen LogP contribution in [0.4, 0.5) is 5.82 Å². The summed E-state index contributed by atoms with van der Waals surface area (Å²) in [5.41, 5.74) is 13.8. The van der Waals surface area contributed by atoms with Crippen molar-refractivity contribution in [1.29, 1.82) is 0 Å². The van der Waals surface area contributed by atoms with E-state index in [0.29, 0.717) is 48.2 Å². The summed E-state index contributed by atoms with van der Waals surface area (Å²) in [7, 11) is -3.48. The van der Waals surface area contributed by atoms with Crippen molar-refractivity contribution < 1.29 is 23.1 Å². The van der Waals surface area contributed by atoms with Crippen LogP contribution in [-0.2, 0) is 31.6 Å². The molecular weight excluding hydrogens is 509 g/mol. The molecule has 3 aromatic rings. The highest BCUT2D eigenvalue weighted by Crippen LogP contribution is 2.51. The molecule has 14 heteroatoms. The first-order valence-electron chi connectivity index (χ1n) is 11.3. The highest BCUT2D eigenvalue weighted by Gasteiger charge is 2.35. The van der Waals surface area contributed by atoms with Gasteiger partial charge >= 0.3 is 7.60 Å². The molecule has 4 rings (SSSR count). The molecule has 0 spiro atoms. The van der Waals surface area contributed by atoms with Crippen LogP contribution in [0, 0.1) is 5.92 Å². The zero-order valence-electron chi connectivity index (χ0n) is 20.1. The van der Waals surface area contributed by atoms with E-state index in [1.54, 1.807) is 35.2 Å². The van der Waals surface area contributed by atoms with Gasteiger partial charge in [0.25, 0.3) is 0 Å². The molecule has 196 valence electrons. The molecule has 1 fully saturated rings. The lowest BCUT2D eigenvalue weighted by molar-refractivity contribution is -0.122. The number of hydrogen-bond donors (Lipinski definition) is 3. The van der Waals surface area contributed by atoms with E-state index in [1.807, 2.05) is 13.8 Å². The first-order chi connectivity index (χ1) is 16.7. The number of ether oxygens (including phenoxy) is 1. The van der Waals surface area contributed by atoms with Crippen molar-refractivity contribution in [3.63, 3.8) is 0 Å². The molecule has 3 heterocycles. The summed E-state index contributed by atoms with van der Waals surface area (Å²) in [6.07, 6.45) is 2.80. The molecule has 36 heavy (non-hydrogen) atoms. The first-order valence-corrected chi connectivity index (χ1v) is 13.0. The molecule has 1 saturated heterocycles. The summed E-state index contributed by atoms with van der Waals surface area (Å²) >= 11 is 0. The zero-order chi connectivity index (χ0) is 25.0. The summed E-state index contributed by atoms with van der Waals surface area (Å²) < 4.78 is 31.7. The standard InChI is InChI=1S/C22H30N7O5P.ClH/c1-14(2)8-25-22(30)18(23)7-15-3-5-16(6-4-15)34-35(31)13-32-17(10-33-35)9-29-12-28-19-20(24)26-11-27-21(19)29;/h3-6,11-12,14,17-18H,7-10,13,23H2,1-2H3,(H,25,30)(H2,24,26,27);1H/t17-,18-,35+;/m0./s1. The summed E-state index contributed by atoms with van der Waals surface area (Å²) in [5, 5.41) is 2.83. The molecule has 0 saturated carbocycles. The Balaban J connectivity index is 0.00000361. The predicted octanol–water partition coefficient (Wildman–Crippen LogP) is 2.12. The molecule has 2 aromatic heterocycles. The van der Waals surface area contributed by atoms with Crippen LogP contribution < -0.4 is 21.3 Å². The second-order valence-corrected chi connectivity index (χ2v) is 10.8. The normalized spacial score (nSPS) is 20.6. The Morgan fingerprint density at radius 3 is 2.69 bits per heavy atom. The third-order valence-corrected chi connectivity index (χ3v) is 6.90. The van der Waals surface area contributed by atoms with Gasteiger partial charge in [-0.15, -0.1) is 12.4 Å². The van der Waals surface area contributed by atoms with Gasteiger partial charge in [0.05, 0.1) is 25.5 Å². The van der Waals surface area contributed by atoms with Gasteiger partial charge in [0.1, 0.15) is 23.7 Å². The number of imidazole rings is 1. The van der Waals surface area contributed by atoms with Crippen LogP contribution in [0.1, 0.15) is 19.4 Å². The molecule has 3 atom stereocenters. The highest BCUT2D eigenvalue weighted by molar-refractivity contribution is 7.54. The molecule has 1 amide bonds. The van der Waals surface area contributed by atoms with Crippen LogP contribution in [0.15, 0.2) is 36.9 Å². The molecule has 0 bridgehead atoms. The summed E-state index contributed by atoms with van der Waals surface area (Å²) in [4.78, 5) is 24.4. The maximum absolute atomic E-state index is 13.0. The molecule has 0 radical (unpaired) electrons. The van der Waals surface area contributed by atoms with Gasteiger partial charge in [-0.2, -0.15) is 0 Å². The fourth-order valence-electron chi connectivity index (χ4n) is 3.52. The Morgan fingerprint density at radius 2 is 2.03 bits per heavy atom. The zero-order valence-corrected chi connectivity index (χ0v) is 21.8. The van der Waals surface area contributed by atoms with Crippen LogP contribution in [-0.4, -0.2) is 57.1 Å².